The van der Waals surface area contributed by atoms with Gasteiger partial charge in [-0.05, 0) is 44.7 Å². The summed E-state index contributed by atoms with van der Waals surface area (Å²) in [7, 11) is 0. The van der Waals surface area contributed by atoms with E-state index in [-0.39, 0.29) is 0 Å². The Hall–Kier alpha value is -0.760. The zero-order valence-electron chi connectivity index (χ0n) is 8.99. The largest absolute Gasteiger partial charge is 0.469 e. The van der Waals surface area contributed by atoms with Gasteiger partial charge < -0.3 is 9.73 Å². The quantitative estimate of drug-likeness (QED) is 0.777. The Morgan fingerprint density at radius 2 is 2.29 bits per heavy atom. The smallest absolute Gasteiger partial charge is 0.105 e. The van der Waals surface area contributed by atoms with E-state index in [1.807, 2.05) is 12.1 Å². The predicted octanol–water partition coefficient (Wildman–Crippen LogP) is 2.60. The van der Waals surface area contributed by atoms with Gasteiger partial charge in [-0.15, -0.1) is 0 Å². The topological polar surface area (TPSA) is 25.2 Å². The van der Waals surface area contributed by atoms with Crippen molar-refractivity contribution in [2.24, 2.45) is 5.92 Å². The minimum Gasteiger partial charge on any atom is -0.469 e. The first-order valence-electron chi connectivity index (χ1n) is 5.54. The summed E-state index contributed by atoms with van der Waals surface area (Å²) in [4.78, 5) is 0. The van der Waals surface area contributed by atoms with Crippen LogP contribution in [0.2, 0.25) is 0 Å². The molecular weight excluding hydrogens is 174 g/mol. The number of furan rings is 1. The van der Waals surface area contributed by atoms with Crippen LogP contribution in [0.15, 0.2) is 22.8 Å². The van der Waals surface area contributed by atoms with Crippen LogP contribution in [-0.4, -0.2) is 12.1 Å². The van der Waals surface area contributed by atoms with Crippen LogP contribution in [0.25, 0.3) is 0 Å². The number of hydrogen-bond acceptors (Lipinski definition) is 2. The standard InChI is InChI=1S/C12H19NO/c1-9(8-12-4-3-7-14-12)13-10(2)11-5-6-11/h3-4,7,9-11,13H,5-6,8H2,1-2H3. The summed E-state index contributed by atoms with van der Waals surface area (Å²) >= 11 is 0. The summed E-state index contributed by atoms with van der Waals surface area (Å²) in [5.41, 5.74) is 0. The monoisotopic (exact) mass is 193 g/mol. The first-order valence-corrected chi connectivity index (χ1v) is 5.54. The molecule has 0 radical (unpaired) electrons. The molecule has 0 spiro atoms. The Bertz CT molecular complexity index is 264. The van der Waals surface area contributed by atoms with Crippen LogP contribution in [-0.2, 0) is 6.42 Å². The van der Waals surface area contributed by atoms with E-state index >= 15 is 0 Å². The first-order chi connectivity index (χ1) is 6.75. The molecule has 0 bridgehead atoms. The molecule has 78 valence electrons. The predicted molar refractivity (Wildman–Crippen MR) is 57.2 cm³/mol. The second-order valence-electron chi connectivity index (χ2n) is 4.48. The molecule has 0 amide bonds. The third kappa shape index (κ3) is 2.61. The van der Waals surface area contributed by atoms with E-state index < -0.39 is 0 Å². The van der Waals surface area contributed by atoms with E-state index in [2.05, 4.69) is 19.2 Å². The molecule has 1 saturated carbocycles. The molecule has 1 aromatic rings. The van der Waals surface area contributed by atoms with Crippen molar-refractivity contribution in [3.05, 3.63) is 24.2 Å². The van der Waals surface area contributed by atoms with Gasteiger partial charge in [0.15, 0.2) is 0 Å². The van der Waals surface area contributed by atoms with Crippen molar-refractivity contribution in [2.75, 3.05) is 0 Å². The highest BCUT2D eigenvalue weighted by molar-refractivity contribution is 5.00. The lowest BCUT2D eigenvalue weighted by Gasteiger charge is -2.18. The lowest BCUT2D eigenvalue weighted by molar-refractivity contribution is 0.402. The zero-order chi connectivity index (χ0) is 9.97. The number of nitrogens with one attached hydrogen (secondary N) is 1. The second kappa shape index (κ2) is 4.18. The summed E-state index contributed by atoms with van der Waals surface area (Å²) in [6, 6.07) is 5.17. The molecule has 1 heterocycles. The fourth-order valence-corrected chi connectivity index (χ4v) is 1.97. The molecule has 14 heavy (non-hydrogen) atoms. The molecule has 0 aliphatic heterocycles. The molecule has 2 nitrogen and oxygen atoms in total. The molecule has 1 fully saturated rings. The van der Waals surface area contributed by atoms with Crippen molar-refractivity contribution in [3.8, 4) is 0 Å². The van der Waals surface area contributed by atoms with Crippen LogP contribution in [0.4, 0.5) is 0 Å². The van der Waals surface area contributed by atoms with Crippen LogP contribution in [0.5, 0.6) is 0 Å². The van der Waals surface area contributed by atoms with Crippen LogP contribution in [0, 0.1) is 5.92 Å². The van der Waals surface area contributed by atoms with Gasteiger partial charge in [-0.2, -0.15) is 0 Å². The average molecular weight is 193 g/mol. The maximum atomic E-state index is 5.32. The van der Waals surface area contributed by atoms with Gasteiger partial charge in [0.1, 0.15) is 5.76 Å². The van der Waals surface area contributed by atoms with E-state index in [1.54, 1.807) is 6.26 Å². The van der Waals surface area contributed by atoms with Crippen LogP contribution >= 0.6 is 0 Å². The van der Waals surface area contributed by atoms with Crippen molar-refractivity contribution in [1.29, 1.82) is 0 Å². The van der Waals surface area contributed by atoms with E-state index in [4.69, 9.17) is 4.42 Å². The maximum absolute atomic E-state index is 5.32. The highest BCUT2D eigenvalue weighted by Crippen LogP contribution is 2.32. The summed E-state index contributed by atoms with van der Waals surface area (Å²) in [6.45, 7) is 4.51. The second-order valence-corrected chi connectivity index (χ2v) is 4.48. The molecule has 0 saturated heterocycles. The Morgan fingerprint density at radius 1 is 1.50 bits per heavy atom. The zero-order valence-corrected chi connectivity index (χ0v) is 8.99. The summed E-state index contributed by atoms with van der Waals surface area (Å²) in [6.07, 6.45) is 5.54. The van der Waals surface area contributed by atoms with Crippen LogP contribution < -0.4 is 5.32 Å². The maximum Gasteiger partial charge on any atom is 0.105 e. The van der Waals surface area contributed by atoms with Crippen molar-refractivity contribution in [1.82, 2.24) is 5.32 Å². The van der Waals surface area contributed by atoms with Crippen molar-refractivity contribution in [2.45, 2.75) is 45.2 Å². The fraction of sp³-hybridized carbons (Fsp3) is 0.667. The molecule has 2 unspecified atom stereocenters. The first kappa shape index (κ1) is 9.78. The van der Waals surface area contributed by atoms with Crippen molar-refractivity contribution < 1.29 is 4.42 Å². The number of rotatable bonds is 5. The average Bonchev–Trinajstić information content (AvgIpc) is 2.87. The third-order valence-electron chi connectivity index (χ3n) is 2.96. The van der Waals surface area contributed by atoms with E-state index in [9.17, 15) is 0 Å². The van der Waals surface area contributed by atoms with Crippen molar-refractivity contribution >= 4 is 0 Å². The summed E-state index contributed by atoms with van der Waals surface area (Å²) < 4.78 is 5.32. The SMILES string of the molecule is CC(Cc1ccco1)NC(C)C1CC1. The molecule has 0 aromatic carbocycles. The van der Waals surface area contributed by atoms with Crippen LogP contribution in [0.1, 0.15) is 32.4 Å². The molecule has 1 aromatic heterocycles. The van der Waals surface area contributed by atoms with E-state index in [0.29, 0.717) is 12.1 Å². The highest BCUT2D eigenvalue weighted by atomic mass is 16.3. The lowest BCUT2D eigenvalue weighted by atomic mass is 10.1. The van der Waals surface area contributed by atoms with Gasteiger partial charge in [-0.3, -0.25) is 0 Å². The van der Waals surface area contributed by atoms with Gasteiger partial charge >= 0.3 is 0 Å². The van der Waals surface area contributed by atoms with E-state index in [0.717, 1.165) is 18.1 Å². The Kier molecular flexibility index (Phi) is 2.92. The Morgan fingerprint density at radius 3 is 2.86 bits per heavy atom. The normalized spacial score (nSPS) is 20.7. The van der Waals surface area contributed by atoms with Crippen molar-refractivity contribution in [3.63, 3.8) is 0 Å². The summed E-state index contributed by atoms with van der Waals surface area (Å²) in [5, 5.41) is 3.62. The minimum atomic E-state index is 0.511. The van der Waals surface area contributed by atoms with Gasteiger partial charge in [0, 0.05) is 18.5 Å². The highest BCUT2D eigenvalue weighted by Gasteiger charge is 2.28. The molecule has 2 atom stereocenters. The van der Waals surface area contributed by atoms with Gasteiger partial charge in [-0.25, -0.2) is 0 Å². The lowest BCUT2D eigenvalue weighted by Crippen LogP contribution is -2.37. The molecule has 1 N–H and O–H groups in total. The van der Waals surface area contributed by atoms with Gasteiger partial charge in [0.2, 0.25) is 0 Å². The van der Waals surface area contributed by atoms with E-state index in [1.165, 1.54) is 12.8 Å². The molecular formula is C12H19NO. The fourth-order valence-electron chi connectivity index (χ4n) is 1.97. The number of hydrogen-bond donors (Lipinski definition) is 1. The molecule has 2 heteroatoms. The van der Waals surface area contributed by atoms with Gasteiger partial charge in [0.25, 0.3) is 0 Å². The van der Waals surface area contributed by atoms with Gasteiger partial charge in [-0.1, -0.05) is 0 Å². The molecule has 1 aliphatic rings. The minimum absolute atomic E-state index is 0.511. The Balaban J connectivity index is 1.75. The summed E-state index contributed by atoms with van der Waals surface area (Å²) in [5.74, 6) is 2.00. The molecule has 2 rings (SSSR count). The van der Waals surface area contributed by atoms with Gasteiger partial charge in [0.05, 0.1) is 6.26 Å². The van der Waals surface area contributed by atoms with Crippen LogP contribution in [0.3, 0.4) is 0 Å². The molecule has 1 aliphatic carbocycles. The third-order valence-corrected chi connectivity index (χ3v) is 2.96. The Labute approximate surface area is 85.7 Å².